The summed E-state index contributed by atoms with van der Waals surface area (Å²) in [6.07, 6.45) is -2.20. The molecule has 1 heterocycles. The summed E-state index contributed by atoms with van der Waals surface area (Å²) in [6.45, 7) is -0.0459. The number of hydrogen-bond acceptors (Lipinski definition) is 3. The van der Waals surface area contributed by atoms with Gasteiger partial charge in [0.15, 0.2) is 0 Å². The molecule has 1 aliphatic rings. The van der Waals surface area contributed by atoms with Crippen LogP contribution >= 0.6 is 0 Å². The van der Waals surface area contributed by atoms with E-state index in [1.807, 2.05) is 18.2 Å². The number of methoxy groups -OCH3 is 1. The van der Waals surface area contributed by atoms with E-state index in [1.54, 1.807) is 18.2 Å². The number of allylic oxidation sites excluding steroid dienone is 3. The van der Waals surface area contributed by atoms with Crippen LogP contribution in [0.3, 0.4) is 0 Å². The van der Waals surface area contributed by atoms with Crippen LogP contribution in [0.4, 0.5) is 18.9 Å². The van der Waals surface area contributed by atoms with E-state index in [2.05, 4.69) is 0 Å². The molecule has 6 heteroatoms. The van der Waals surface area contributed by atoms with Gasteiger partial charge >= 0.3 is 6.18 Å². The zero-order chi connectivity index (χ0) is 16.6. The fourth-order valence-corrected chi connectivity index (χ4v) is 2.72. The second-order valence-electron chi connectivity index (χ2n) is 5.21. The molecule has 0 unspecified atom stereocenters. The average molecular weight is 320 g/mol. The number of hydrogen-bond donors (Lipinski definition) is 1. The van der Waals surface area contributed by atoms with Crippen molar-refractivity contribution in [3.05, 3.63) is 59.9 Å². The molecule has 3 nitrogen and oxygen atoms in total. The lowest BCUT2D eigenvalue weighted by molar-refractivity contribution is -0.0933. The summed E-state index contributed by atoms with van der Waals surface area (Å²) in [4.78, 5) is 1.16. The Kier molecular flexibility index (Phi) is 3.67. The molecule has 0 atom stereocenters. The van der Waals surface area contributed by atoms with Crippen molar-refractivity contribution >= 4 is 16.5 Å². The lowest BCUT2D eigenvalue weighted by Crippen LogP contribution is -2.37. The average Bonchev–Trinajstić information content (AvgIpc) is 2.52. The Bertz CT molecular complexity index is 809. The van der Waals surface area contributed by atoms with Crippen molar-refractivity contribution in [3.8, 4) is 5.75 Å². The number of fused-ring (bicyclic) bond motifs is 1. The summed E-state index contributed by atoms with van der Waals surface area (Å²) in [7, 11) is 1.44. The van der Waals surface area contributed by atoms with Gasteiger partial charge in [-0.2, -0.15) is 13.2 Å². The van der Waals surface area contributed by atoms with Crippen LogP contribution in [0.2, 0.25) is 0 Å². The van der Waals surface area contributed by atoms with E-state index in [4.69, 9.17) is 10.5 Å². The predicted octanol–water partition coefficient (Wildman–Crippen LogP) is 3.96. The molecule has 0 aromatic heterocycles. The normalized spacial score (nSPS) is 15.4. The smallest absolute Gasteiger partial charge is 0.431 e. The Labute approximate surface area is 131 Å². The van der Waals surface area contributed by atoms with Crippen molar-refractivity contribution in [2.75, 3.05) is 18.6 Å². The molecule has 2 aromatic rings. The van der Waals surface area contributed by atoms with Gasteiger partial charge < -0.3 is 15.4 Å². The Hall–Kier alpha value is -2.63. The molecule has 3 rings (SSSR count). The van der Waals surface area contributed by atoms with Crippen LogP contribution in [-0.2, 0) is 0 Å². The summed E-state index contributed by atoms with van der Waals surface area (Å²) in [6, 6.07) is 10.7. The summed E-state index contributed by atoms with van der Waals surface area (Å²) in [5, 5.41) is 1.51. The molecular formula is C17H15F3N2O. The molecule has 0 amide bonds. The van der Waals surface area contributed by atoms with Gasteiger partial charge in [-0.15, -0.1) is 0 Å². The first kappa shape index (κ1) is 15.3. The number of rotatable bonds is 2. The van der Waals surface area contributed by atoms with Gasteiger partial charge in [0.05, 0.1) is 19.3 Å². The minimum atomic E-state index is -4.49. The van der Waals surface area contributed by atoms with Gasteiger partial charge in [-0.3, -0.25) is 0 Å². The zero-order valence-electron chi connectivity index (χ0n) is 12.4. The molecule has 0 spiro atoms. The first-order valence-electron chi connectivity index (χ1n) is 6.98. The van der Waals surface area contributed by atoms with E-state index in [-0.39, 0.29) is 6.54 Å². The van der Waals surface area contributed by atoms with E-state index in [1.165, 1.54) is 13.2 Å². The molecule has 0 saturated carbocycles. The van der Waals surface area contributed by atoms with Crippen LogP contribution < -0.4 is 15.4 Å². The van der Waals surface area contributed by atoms with Gasteiger partial charge in [-0.05, 0) is 23.6 Å². The van der Waals surface area contributed by atoms with Gasteiger partial charge in [0.1, 0.15) is 11.4 Å². The van der Waals surface area contributed by atoms with Crippen molar-refractivity contribution in [2.24, 2.45) is 5.73 Å². The Morgan fingerprint density at radius 2 is 1.83 bits per heavy atom. The Morgan fingerprint density at radius 3 is 2.52 bits per heavy atom. The van der Waals surface area contributed by atoms with Crippen molar-refractivity contribution in [1.82, 2.24) is 0 Å². The first-order valence-corrected chi connectivity index (χ1v) is 6.98. The van der Waals surface area contributed by atoms with Crippen molar-refractivity contribution in [2.45, 2.75) is 6.18 Å². The number of nitrogens with zero attached hydrogens (tertiary/aromatic N) is 1. The maximum absolute atomic E-state index is 13.4. The largest absolute Gasteiger partial charge is 0.495 e. The molecule has 0 radical (unpaired) electrons. The molecule has 0 bridgehead atoms. The second-order valence-corrected chi connectivity index (χ2v) is 5.21. The molecular weight excluding hydrogens is 305 g/mol. The maximum Gasteiger partial charge on any atom is 0.431 e. The van der Waals surface area contributed by atoms with Crippen molar-refractivity contribution < 1.29 is 17.9 Å². The molecule has 2 aromatic carbocycles. The number of anilines is 1. The number of alkyl halides is 3. The van der Waals surface area contributed by atoms with Gasteiger partial charge in [0.25, 0.3) is 0 Å². The minimum Gasteiger partial charge on any atom is -0.495 e. The van der Waals surface area contributed by atoms with Crippen LogP contribution in [0.15, 0.2) is 59.9 Å². The van der Waals surface area contributed by atoms with E-state index < -0.39 is 11.9 Å². The molecule has 0 saturated heterocycles. The number of ether oxygens (including phenoxy) is 1. The third-order valence-electron chi connectivity index (χ3n) is 3.73. The lowest BCUT2D eigenvalue weighted by Gasteiger charge is -2.33. The zero-order valence-corrected chi connectivity index (χ0v) is 12.4. The predicted molar refractivity (Wildman–Crippen MR) is 84.3 cm³/mol. The SMILES string of the molecule is COc1ccc2ccccc2c1N1CC(N)=CC=C1C(F)(F)F. The molecule has 120 valence electrons. The van der Waals surface area contributed by atoms with Gasteiger partial charge in [-0.25, -0.2) is 0 Å². The van der Waals surface area contributed by atoms with E-state index in [9.17, 15) is 13.2 Å². The van der Waals surface area contributed by atoms with Crippen molar-refractivity contribution in [1.29, 1.82) is 0 Å². The lowest BCUT2D eigenvalue weighted by atomic mass is 10.0. The number of nitrogens with two attached hydrogens (primary N) is 1. The van der Waals surface area contributed by atoms with E-state index in [0.29, 0.717) is 22.5 Å². The van der Waals surface area contributed by atoms with E-state index in [0.717, 1.165) is 16.4 Å². The maximum atomic E-state index is 13.4. The Balaban J connectivity index is 2.26. The monoisotopic (exact) mass is 320 g/mol. The highest BCUT2D eigenvalue weighted by Crippen LogP contribution is 2.42. The van der Waals surface area contributed by atoms with Gasteiger partial charge in [0, 0.05) is 11.1 Å². The van der Waals surface area contributed by atoms with Crippen LogP contribution in [0.25, 0.3) is 10.8 Å². The summed E-state index contributed by atoms with van der Waals surface area (Å²) in [5.74, 6) is 0.369. The first-order chi connectivity index (χ1) is 10.9. The number of halogens is 3. The van der Waals surface area contributed by atoms with Crippen molar-refractivity contribution in [3.63, 3.8) is 0 Å². The highest BCUT2D eigenvalue weighted by molar-refractivity contribution is 5.98. The minimum absolute atomic E-state index is 0.0459. The second kappa shape index (κ2) is 5.53. The van der Waals surface area contributed by atoms with Gasteiger partial charge in [-0.1, -0.05) is 30.3 Å². The molecule has 0 aliphatic carbocycles. The number of benzene rings is 2. The molecule has 1 aliphatic heterocycles. The van der Waals surface area contributed by atoms with Crippen LogP contribution in [-0.4, -0.2) is 19.8 Å². The highest BCUT2D eigenvalue weighted by atomic mass is 19.4. The topological polar surface area (TPSA) is 38.5 Å². The molecule has 2 N–H and O–H groups in total. The van der Waals surface area contributed by atoms with E-state index >= 15 is 0 Å². The van der Waals surface area contributed by atoms with Gasteiger partial charge in [0.2, 0.25) is 0 Å². The fraction of sp³-hybridized carbons (Fsp3) is 0.176. The Morgan fingerprint density at radius 1 is 1.09 bits per heavy atom. The quantitative estimate of drug-likeness (QED) is 0.910. The molecule has 0 fully saturated rings. The highest BCUT2D eigenvalue weighted by Gasteiger charge is 2.40. The summed E-state index contributed by atoms with van der Waals surface area (Å²) >= 11 is 0. The van der Waals surface area contributed by atoms with Crippen LogP contribution in [0, 0.1) is 0 Å². The van der Waals surface area contributed by atoms with Crippen LogP contribution in [0.1, 0.15) is 0 Å². The third kappa shape index (κ3) is 2.72. The fourth-order valence-electron chi connectivity index (χ4n) is 2.72. The summed E-state index contributed by atoms with van der Waals surface area (Å²) < 4.78 is 45.6. The third-order valence-corrected chi connectivity index (χ3v) is 3.73. The summed E-state index contributed by atoms with van der Waals surface area (Å²) in [5.41, 5.74) is 5.73. The van der Waals surface area contributed by atoms with Crippen LogP contribution in [0.5, 0.6) is 5.75 Å². The molecule has 23 heavy (non-hydrogen) atoms. The standard InChI is InChI=1S/C17H15F3N2O/c1-23-14-8-6-11-4-2-3-5-13(11)16(14)22-10-12(21)7-9-15(22)17(18,19)20/h2-9H,10,21H2,1H3.